The number of hydrogen-bond donors (Lipinski definition) is 2. The molecule has 1 aliphatic rings. The zero-order chi connectivity index (χ0) is 14.4. The molecule has 0 aliphatic carbocycles. The Bertz CT molecular complexity index is 515. The van der Waals surface area contributed by atoms with E-state index in [9.17, 15) is 4.79 Å². The van der Waals surface area contributed by atoms with Gasteiger partial charge >= 0.3 is 0 Å². The Morgan fingerprint density at radius 2 is 2.45 bits per heavy atom. The molecule has 0 saturated carbocycles. The van der Waals surface area contributed by atoms with E-state index in [0.717, 1.165) is 22.6 Å². The average molecular weight is 292 g/mol. The van der Waals surface area contributed by atoms with E-state index >= 15 is 0 Å². The molecule has 3 N–H and O–H groups in total. The van der Waals surface area contributed by atoms with E-state index in [1.807, 2.05) is 12.1 Å². The van der Waals surface area contributed by atoms with Crippen LogP contribution in [0.5, 0.6) is 0 Å². The highest BCUT2D eigenvalue weighted by molar-refractivity contribution is 7.12. The number of nitrogens with one attached hydrogen (secondary N) is 1. The van der Waals surface area contributed by atoms with E-state index < -0.39 is 0 Å². The van der Waals surface area contributed by atoms with Crippen molar-refractivity contribution >= 4 is 17.2 Å². The van der Waals surface area contributed by atoms with E-state index in [4.69, 9.17) is 10.5 Å². The van der Waals surface area contributed by atoms with Gasteiger partial charge in [-0.05, 0) is 25.0 Å². The summed E-state index contributed by atoms with van der Waals surface area (Å²) in [6.07, 6.45) is 1.78. The minimum atomic E-state index is -0.00327. The first-order valence-corrected chi connectivity index (χ1v) is 7.73. The number of amides is 1. The van der Waals surface area contributed by atoms with E-state index in [1.165, 1.54) is 0 Å². The Morgan fingerprint density at radius 3 is 3.20 bits per heavy atom. The quantitative estimate of drug-likeness (QED) is 0.826. The first-order chi connectivity index (χ1) is 9.74. The summed E-state index contributed by atoms with van der Waals surface area (Å²) in [6.45, 7) is 3.66. The van der Waals surface area contributed by atoms with Crippen LogP contribution in [-0.2, 0) is 16.1 Å². The van der Waals surface area contributed by atoms with Gasteiger partial charge in [-0.25, -0.2) is 0 Å². The van der Waals surface area contributed by atoms with Gasteiger partial charge in [-0.2, -0.15) is 0 Å². The van der Waals surface area contributed by atoms with Crippen LogP contribution in [0.1, 0.15) is 29.5 Å². The maximum Gasteiger partial charge on any atom is 0.226 e. The SMILES string of the molecule is CCC1OCCC1C(=O)NCc1ccc(C#CCN)s1. The lowest BCUT2D eigenvalue weighted by Gasteiger charge is -2.15. The molecule has 108 valence electrons. The molecular formula is C15H20N2O2S. The summed E-state index contributed by atoms with van der Waals surface area (Å²) in [4.78, 5) is 14.2. The smallest absolute Gasteiger partial charge is 0.226 e. The fourth-order valence-electron chi connectivity index (χ4n) is 2.33. The molecule has 0 bridgehead atoms. The van der Waals surface area contributed by atoms with E-state index in [2.05, 4.69) is 24.1 Å². The van der Waals surface area contributed by atoms with Crippen LogP contribution >= 0.6 is 11.3 Å². The molecule has 1 fully saturated rings. The minimum Gasteiger partial charge on any atom is -0.377 e. The van der Waals surface area contributed by atoms with E-state index in [0.29, 0.717) is 19.7 Å². The molecular weight excluding hydrogens is 272 g/mol. The number of thiophene rings is 1. The molecule has 2 rings (SSSR count). The van der Waals surface area contributed by atoms with Crippen molar-refractivity contribution in [3.8, 4) is 11.8 Å². The molecule has 1 aromatic heterocycles. The Kier molecular flexibility index (Phi) is 5.60. The Hall–Kier alpha value is -1.35. The summed E-state index contributed by atoms with van der Waals surface area (Å²) >= 11 is 1.59. The van der Waals surface area contributed by atoms with Gasteiger partial charge in [0.1, 0.15) is 0 Å². The van der Waals surface area contributed by atoms with E-state index in [-0.39, 0.29) is 17.9 Å². The molecule has 1 aromatic rings. The lowest BCUT2D eigenvalue weighted by Crippen LogP contribution is -2.34. The zero-order valence-electron chi connectivity index (χ0n) is 11.6. The number of ether oxygens (including phenoxy) is 1. The topological polar surface area (TPSA) is 64.3 Å². The minimum absolute atomic E-state index is 0.00327. The molecule has 0 spiro atoms. The van der Waals surface area contributed by atoms with Crippen LogP contribution in [-0.4, -0.2) is 25.2 Å². The third kappa shape index (κ3) is 3.83. The summed E-state index contributed by atoms with van der Waals surface area (Å²) in [5, 5.41) is 2.99. The van der Waals surface area contributed by atoms with Crippen molar-refractivity contribution in [2.75, 3.05) is 13.2 Å². The fourth-order valence-corrected chi connectivity index (χ4v) is 3.16. The van der Waals surface area contributed by atoms with Gasteiger partial charge < -0.3 is 15.8 Å². The highest BCUT2D eigenvalue weighted by Gasteiger charge is 2.32. The van der Waals surface area contributed by atoms with Crippen molar-refractivity contribution in [3.05, 3.63) is 21.9 Å². The summed E-state index contributed by atoms with van der Waals surface area (Å²) in [6, 6.07) is 3.95. The third-order valence-electron chi connectivity index (χ3n) is 3.36. The molecule has 1 amide bonds. The average Bonchev–Trinajstić information content (AvgIpc) is 3.11. The molecule has 2 unspecified atom stereocenters. The summed E-state index contributed by atoms with van der Waals surface area (Å²) in [7, 11) is 0. The first-order valence-electron chi connectivity index (χ1n) is 6.91. The van der Waals surface area contributed by atoms with Crippen LogP contribution in [0.2, 0.25) is 0 Å². The molecule has 0 aromatic carbocycles. The van der Waals surface area contributed by atoms with Gasteiger partial charge in [0, 0.05) is 11.5 Å². The highest BCUT2D eigenvalue weighted by Crippen LogP contribution is 2.23. The second kappa shape index (κ2) is 7.44. The molecule has 2 atom stereocenters. The van der Waals surface area contributed by atoms with Crippen molar-refractivity contribution in [1.29, 1.82) is 0 Å². The number of nitrogens with two attached hydrogens (primary N) is 1. The van der Waals surface area contributed by atoms with Gasteiger partial charge in [0.25, 0.3) is 0 Å². The van der Waals surface area contributed by atoms with Crippen molar-refractivity contribution in [3.63, 3.8) is 0 Å². The predicted molar refractivity (Wildman–Crippen MR) is 80.2 cm³/mol. The van der Waals surface area contributed by atoms with Gasteiger partial charge in [-0.15, -0.1) is 11.3 Å². The predicted octanol–water partition coefficient (Wildman–Crippen LogP) is 1.49. The second-order valence-corrected chi connectivity index (χ2v) is 5.87. The monoisotopic (exact) mass is 292 g/mol. The normalized spacial score (nSPS) is 21.3. The van der Waals surface area contributed by atoms with Gasteiger partial charge in [0.15, 0.2) is 0 Å². The van der Waals surface area contributed by atoms with Crippen molar-refractivity contribution in [2.45, 2.75) is 32.4 Å². The summed E-state index contributed by atoms with van der Waals surface area (Å²) < 4.78 is 5.55. The largest absolute Gasteiger partial charge is 0.377 e. The van der Waals surface area contributed by atoms with Gasteiger partial charge in [-0.3, -0.25) is 4.79 Å². The zero-order valence-corrected chi connectivity index (χ0v) is 12.5. The fraction of sp³-hybridized carbons (Fsp3) is 0.533. The van der Waals surface area contributed by atoms with Crippen LogP contribution in [0, 0.1) is 17.8 Å². The summed E-state index contributed by atoms with van der Waals surface area (Å²) in [5.74, 6) is 5.91. The molecule has 5 heteroatoms. The Labute approximate surface area is 123 Å². The van der Waals surface area contributed by atoms with Crippen molar-refractivity contribution in [1.82, 2.24) is 5.32 Å². The second-order valence-electron chi connectivity index (χ2n) is 4.70. The van der Waals surface area contributed by atoms with Gasteiger partial charge in [-0.1, -0.05) is 18.8 Å². The van der Waals surface area contributed by atoms with Crippen LogP contribution < -0.4 is 11.1 Å². The van der Waals surface area contributed by atoms with Crippen LogP contribution in [0.25, 0.3) is 0 Å². The Balaban J connectivity index is 1.85. The third-order valence-corrected chi connectivity index (χ3v) is 4.36. The highest BCUT2D eigenvalue weighted by atomic mass is 32.1. The van der Waals surface area contributed by atoms with Gasteiger partial charge in [0.05, 0.1) is 30.0 Å². The summed E-state index contributed by atoms with van der Waals surface area (Å²) in [5.41, 5.74) is 5.34. The lowest BCUT2D eigenvalue weighted by molar-refractivity contribution is -0.126. The van der Waals surface area contributed by atoms with Crippen molar-refractivity contribution in [2.24, 2.45) is 11.7 Å². The molecule has 1 saturated heterocycles. The molecule has 20 heavy (non-hydrogen) atoms. The van der Waals surface area contributed by atoms with Gasteiger partial charge in [0.2, 0.25) is 5.91 Å². The van der Waals surface area contributed by atoms with Crippen LogP contribution in [0.4, 0.5) is 0 Å². The number of rotatable bonds is 4. The number of hydrogen-bond acceptors (Lipinski definition) is 4. The van der Waals surface area contributed by atoms with E-state index in [1.54, 1.807) is 11.3 Å². The molecule has 1 aliphatic heterocycles. The molecule has 4 nitrogen and oxygen atoms in total. The Morgan fingerprint density at radius 1 is 1.60 bits per heavy atom. The van der Waals surface area contributed by atoms with Crippen LogP contribution in [0.15, 0.2) is 12.1 Å². The number of carbonyl (C=O) groups is 1. The first kappa shape index (κ1) is 15.0. The maximum absolute atomic E-state index is 12.1. The maximum atomic E-state index is 12.1. The molecule has 2 heterocycles. The standard InChI is InChI=1S/C15H20N2O2S/c1-2-14-13(7-9-19-14)15(18)17-10-12-6-5-11(20-12)4-3-8-16/h5-6,13-14H,2,7-10,16H2,1H3,(H,17,18). The van der Waals surface area contributed by atoms with Crippen LogP contribution in [0.3, 0.4) is 0 Å². The lowest BCUT2D eigenvalue weighted by atomic mass is 9.99. The molecule has 0 radical (unpaired) electrons. The number of carbonyl (C=O) groups excluding carboxylic acids is 1. The van der Waals surface area contributed by atoms with Crippen molar-refractivity contribution < 1.29 is 9.53 Å².